The maximum Gasteiger partial charge on any atom is 0.160 e. The number of fused-ring (bicyclic) bond motifs is 8. The number of hydrogen-bond acceptors (Lipinski definition) is 5. The number of nitrogens with zero attached hydrogens (tertiary/aromatic N) is 3. The van der Waals surface area contributed by atoms with Crippen LogP contribution in [0.5, 0.6) is 0 Å². The molecule has 0 saturated heterocycles. The normalized spacial score (nSPS) is 11.7. The van der Waals surface area contributed by atoms with Crippen molar-refractivity contribution in [1.82, 2.24) is 15.0 Å². The van der Waals surface area contributed by atoms with Crippen LogP contribution in [-0.4, -0.2) is 15.0 Å². The van der Waals surface area contributed by atoms with Crippen molar-refractivity contribution in [2.24, 2.45) is 0 Å². The molecule has 7 aromatic carbocycles. The highest BCUT2D eigenvalue weighted by Crippen LogP contribution is 2.41. The molecule has 0 spiro atoms. The van der Waals surface area contributed by atoms with Crippen molar-refractivity contribution in [3.8, 4) is 56.3 Å². The number of thiophene rings is 1. The maximum absolute atomic E-state index is 6.36. The standard InChI is InChI=1S/C49H29N3OS/c1-2-12-32(13-3-1)49-50-41(31-26-24-30(25-27-31)35-20-11-21-38-36-16-6-8-22-43(36)53-47(35)38)29-42(51-49)33-14-10-15-34(28-33)45-37-17-4-5-18-39(37)48-46(52-45)40-19-7-9-23-44(40)54-48/h1-29H. The van der Waals surface area contributed by atoms with Crippen molar-refractivity contribution in [2.45, 2.75) is 0 Å². The van der Waals surface area contributed by atoms with Crippen LogP contribution < -0.4 is 0 Å². The van der Waals surface area contributed by atoms with Gasteiger partial charge in [0, 0.05) is 59.4 Å². The summed E-state index contributed by atoms with van der Waals surface area (Å²) >= 11 is 1.81. The Labute approximate surface area is 314 Å². The maximum atomic E-state index is 6.36. The van der Waals surface area contributed by atoms with Crippen molar-refractivity contribution < 1.29 is 4.42 Å². The van der Waals surface area contributed by atoms with E-state index in [1.165, 1.54) is 20.2 Å². The predicted molar refractivity (Wildman–Crippen MR) is 225 cm³/mol. The monoisotopic (exact) mass is 707 g/mol. The Morgan fingerprint density at radius 3 is 1.89 bits per heavy atom. The molecule has 0 fully saturated rings. The molecule has 11 rings (SSSR count). The highest BCUT2D eigenvalue weighted by Gasteiger charge is 2.17. The minimum Gasteiger partial charge on any atom is -0.455 e. The van der Waals surface area contributed by atoms with Gasteiger partial charge in [-0.25, -0.2) is 15.0 Å². The van der Waals surface area contributed by atoms with E-state index in [2.05, 4.69) is 146 Å². The summed E-state index contributed by atoms with van der Waals surface area (Å²) in [5.74, 6) is 0.680. The lowest BCUT2D eigenvalue weighted by molar-refractivity contribution is 0.670. The van der Waals surface area contributed by atoms with Gasteiger partial charge in [-0.3, -0.25) is 0 Å². The molecule has 0 unspecified atom stereocenters. The zero-order chi connectivity index (χ0) is 35.6. The fourth-order valence-corrected chi connectivity index (χ4v) is 8.87. The van der Waals surface area contributed by atoms with Gasteiger partial charge in [-0.2, -0.15) is 0 Å². The summed E-state index contributed by atoms with van der Waals surface area (Å²) < 4.78 is 8.83. The van der Waals surface area contributed by atoms with Crippen molar-refractivity contribution in [3.63, 3.8) is 0 Å². The minimum atomic E-state index is 0.680. The molecule has 0 bridgehead atoms. The Morgan fingerprint density at radius 1 is 0.407 bits per heavy atom. The van der Waals surface area contributed by atoms with E-state index < -0.39 is 0 Å². The quantitative estimate of drug-likeness (QED) is 0.179. The average molecular weight is 708 g/mol. The van der Waals surface area contributed by atoms with Crippen LogP contribution in [0.25, 0.3) is 109 Å². The molecule has 0 saturated carbocycles. The average Bonchev–Trinajstić information content (AvgIpc) is 3.83. The highest BCUT2D eigenvalue weighted by atomic mass is 32.1. The fraction of sp³-hybridized carbons (Fsp3) is 0. The van der Waals surface area contributed by atoms with E-state index in [0.717, 1.165) is 83.3 Å². The second-order valence-corrected chi connectivity index (χ2v) is 14.6. The molecule has 0 N–H and O–H groups in total. The number of furan rings is 1. The van der Waals surface area contributed by atoms with Gasteiger partial charge in [0.15, 0.2) is 5.82 Å². The summed E-state index contributed by atoms with van der Waals surface area (Å²) in [4.78, 5) is 15.6. The van der Waals surface area contributed by atoms with E-state index in [4.69, 9.17) is 19.4 Å². The molecule has 0 atom stereocenters. The molecule has 0 aliphatic heterocycles. The van der Waals surface area contributed by atoms with Crippen LogP contribution in [-0.2, 0) is 0 Å². The molecule has 4 aromatic heterocycles. The molecule has 0 aliphatic carbocycles. The van der Waals surface area contributed by atoms with Crippen LogP contribution in [0.15, 0.2) is 180 Å². The van der Waals surface area contributed by atoms with Crippen molar-refractivity contribution >= 4 is 64.4 Å². The van der Waals surface area contributed by atoms with E-state index in [9.17, 15) is 0 Å². The first-order valence-corrected chi connectivity index (χ1v) is 18.8. The third kappa shape index (κ3) is 5.01. The zero-order valence-electron chi connectivity index (χ0n) is 28.9. The topological polar surface area (TPSA) is 51.8 Å². The van der Waals surface area contributed by atoms with Gasteiger partial charge in [-0.05, 0) is 29.8 Å². The lowest BCUT2D eigenvalue weighted by Crippen LogP contribution is -1.96. The Kier molecular flexibility index (Phi) is 7.00. The zero-order valence-corrected chi connectivity index (χ0v) is 29.7. The third-order valence-corrected chi connectivity index (χ3v) is 11.5. The van der Waals surface area contributed by atoms with Crippen LogP contribution in [0.4, 0.5) is 0 Å². The highest BCUT2D eigenvalue weighted by molar-refractivity contribution is 7.26. The van der Waals surface area contributed by atoms with Crippen molar-refractivity contribution in [3.05, 3.63) is 176 Å². The molecular weight excluding hydrogens is 679 g/mol. The minimum absolute atomic E-state index is 0.680. The number of benzene rings is 7. The first-order chi connectivity index (χ1) is 26.7. The van der Waals surface area contributed by atoms with Gasteiger partial charge >= 0.3 is 0 Å². The number of para-hydroxylation sites is 2. The molecule has 0 amide bonds. The Bertz CT molecular complexity index is 3220. The number of hydrogen-bond donors (Lipinski definition) is 0. The van der Waals surface area contributed by atoms with Crippen molar-refractivity contribution in [2.75, 3.05) is 0 Å². The first kappa shape index (κ1) is 30.7. The van der Waals surface area contributed by atoms with Gasteiger partial charge in [0.05, 0.1) is 27.3 Å². The van der Waals surface area contributed by atoms with E-state index in [-0.39, 0.29) is 0 Å². The summed E-state index contributed by atoms with van der Waals surface area (Å²) in [6.45, 7) is 0. The van der Waals surface area contributed by atoms with Crippen LogP contribution in [0.1, 0.15) is 0 Å². The molecule has 4 nitrogen and oxygen atoms in total. The Hall–Kier alpha value is -6.95. The number of aromatic nitrogens is 3. The van der Waals surface area contributed by atoms with Gasteiger partial charge in [0.2, 0.25) is 0 Å². The van der Waals surface area contributed by atoms with E-state index in [0.29, 0.717) is 5.82 Å². The lowest BCUT2D eigenvalue weighted by atomic mass is 9.98. The molecule has 0 aliphatic rings. The van der Waals surface area contributed by atoms with Gasteiger partial charge in [0.25, 0.3) is 0 Å². The molecular formula is C49H29N3OS. The fourth-order valence-electron chi connectivity index (χ4n) is 7.69. The summed E-state index contributed by atoms with van der Waals surface area (Å²) in [5, 5.41) is 5.80. The van der Waals surface area contributed by atoms with E-state index >= 15 is 0 Å². The van der Waals surface area contributed by atoms with Gasteiger partial charge in [0.1, 0.15) is 11.2 Å². The van der Waals surface area contributed by atoms with Crippen LogP contribution >= 0.6 is 11.3 Å². The van der Waals surface area contributed by atoms with Crippen molar-refractivity contribution in [1.29, 1.82) is 0 Å². The van der Waals surface area contributed by atoms with Crippen LogP contribution in [0, 0.1) is 0 Å². The van der Waals surface area contributed by atoms with Crippen LogP contribution in [0.2, 0.25) is 0 Å². The Balaban J connectivity index is 1.04. The van der Waals surface area contributed by atoms with E-state index in [1.54, 1.807) is 0 Å². The molecule has 4 heterocycles. The number of rotatable bonds is 5. The Morgan fingerprint density at radius 2 is 1.04 bits per heavy atom. The molecule has 11 aromatic rings. The van der Waals surface area contributed by atoms with Gasteiger partial charge in [-0.1, -0.05) is 152 Å². The first-order valence-electron chi connectivity index (χ1n) is 18.0. The largest absolute Gasteiger partial charge is 0.455 e. The van der Waals surface area contributed by atoms with Gasteiger partial charge in [-0.15, -0.1) is 11.3 Å². The summed E-state index contributed by atoms with van der Waals surface area (Å²) in [6, 6.07) is 61.2. The molecule has 5 heteroatoms. The lowest BCUT2D eigenvalue weighted by Gasteiger charge is -2.12. The SMILES string of the molecule is c1ccc(-c2nc(-c3ccc(-c4cccc5c4oc4ccccc45)cc3)cc(-c3cccc(-c4nc5c6ccccc6sc5c5ccccc45)c3)n2)cc1. The number of pyridine rings is 1. The summed E-state index contributed by atoms with van der Waals surface area (Å²) in [7, 11) is 0. The second-order valence-electron chi connectivity index (χ2n) is 13.5. The molecule has 54 heavy (non-hydrogen) atoms. The third-order valence-electron chi connectivity index (χ3n) is 10.3. The van der Waals surface area contributed by atoms with Gasteiger partial charge < -0.3 is 4.42 Å². The summed E-state index contributed by atoms with van der Waals surface area (Å²) in [6.07, 6.45) is 0. The summed E-state index contributed by atoms with van der Waals surface area (Å²) in [5.41, 5.74) is 11.7. The second kappa shape index (κ2) is 12.3. The van der Waals surface area contributed by atoms with Crippen LogP contribution in [0.3, 0.4) is 0 Å². The molecule has 0 radical (unpaired) electrons. The predicted octanol–water partition coefficient (Wildman–Crippen LogP) is 13.6. The molecule has 252 valence electrons. The van der Waals surface area contributed by atoms with E-state index in [1.807, 2.05) is 41.7 Å². The smallest absolute Gasteiger partial charge is 0.160 e.